The summed E-state index contributed by atoms with van der Waals surface area (Å²) < 4.78 is 1.60. The standard InChI is InChI=1S/C27H34N5O3/c1-18(2)16-20-10-9-11-21-26(20)30-23(28-21)17-32-19(3)14-15-22(27(32)35)29-24(33)12-7-6-8-13-25(34)31(4)5/h8-15,18H,6-7,16-17H2,1-5H3,(H,28,30)(H,29,33)/b13-8+. The van der Waals surface area contributed by atoms with Crippen molar-refractivity contribution >= 4 is 28.5 Å². The van der Waals surface area contributed by atoms with Crippen LogP contribution in [0, 0.1) is 19.3 Å². The number of pyridine rings is 1. The molecule has 0 aliphatic rings. The van der Waals surface area contributed by atoms with Crippen molar-refractivity contribution in [3.05, 3.63) is 76.3 Å². The van der Waals surface area contributed by atoms with Crippen LogP contribution in [0.2, 0.25) is 0 Å². The van der Waals surface area contributed by atoms with Gasteiger partial charge in [0.15, 0.2) is 0 Å². The van der Waals surface area contributed by atoms with Gasteiger partial charge in [-0.15, -0.1) is 0 Å². The number of fused-ring (bicyclic) bond motifs is 1. The summed E-state index contributed by atoms with van der Waals surface area (Å²) in [6.07, 6.45) is 6.62. The van der Waals surface area contributed by atoms with Crippen LogP contribution in [0.15, 0.2) is 47.3 Å². The maximum absolute atomic E-state index is 13.1. The van der Waals surface area contributed by atoms with Crippen molar-refractivity contribution in [1.82, 2.24) is 19.4 Å². The minimum absolute atomic E-state index is 0.102. The number of hydrogen-bond donors (Lipinski definition) is 2. The summed E-state index contributed by atoms with van der Waals surface area (Å²) in [6.45, 7) is 6.48. The van der Waals surface area contributed by atoms with E-state index in [1.807, 2.05) is 19.1 Å². The van der Waals surface area contributed by atoms with Crippen molar-refractivity contribution in [2.45, 2.75) is 46.6 Å². The number of aromatic amines is 1. The van der Waals surface area contributed by atoms with Crippen LogP contribution in [0.25, 0.3) is 11.0 Å². The van der Waals surface area contributed by atoms with Crippen molar-refractivity contribution in [3.63, 3.8) is 0 Å². The molecule has 1 radical (unpaired) electrons. The Balaban J connectivity index is 1.69. The third-order valence-corrected chi connectivity index (χ3v) is 5.60. The van der Waals surface area contributed by atoms with E-state index in [4.69, 9.17) is 4.98 Å². The van der Waals surface area contributed by atoms with Crippen molar-refractivity contribution in [2.75, 3.05) is 19.4 Å². The largest absolute Gasteiger partial charge is 0.345 e. The Kier molecular flexibility index (Phi) is 8.63. The topological polar surface area (TPSA) is 100 Å². The number of benzene rings is 1. The number of amides is 2. The first-order valence-electron chi connectivity index (χ1n) is 11.8. The molecule has 0 atom stereocenters. The second kappa shape index (κ2) is 11.6. The quantitative estimate of drug-likeness (QED) is 0.343. The zero-order valence-corrected chi connectivity index (χ0v) is 21.1. The fourth-order valence-electron chi connectivity index (χ4n) is 3.76. The molecule has 3 rings (SSSR count). The SMILES string of the molecule is Cc1ccc(NC(=O)[CH]CC/C=C/C(=O)N(C)C)c(=O)n1Cc1nc2c(CC(C)C)cccc2[nH]1. The van der Waals surface area contributed by atoms with Gasteiger partial charge in [-0.1, -0.05) is 32.1 Å². The van der Waals surface area contributed by atoms with Gasteiger partial charge in [0.25, 0.3) is 5.56 Å². The molecule has 2 aromatic heterocycles. The van der Waals surface area contributed by atoms with E-state index in [-0.39, 0.29) is 29.6 Å². The van der Waals surface area contributed by atoms with Gasteiger partial charge in [-0.2, -0.15) is 0 Å². The first-order chi connectivity index (χ1) is 16.7. The number of aryl methyl sites for hydroxylation is 1. The molecule has 0 spiro atoms. The zero-order valence-electron chi connectivity index (χ0n) is 21.1. The number of nitrogens with one attached hydrogen (secondary N) is 2. The number of imidazole rings is 1. The van der Waals surface area contributed by atoms with Crippen LogP contribution in [0.4, 0.5) is 5.69 Å². The average molecular weight is 477 g/mol. The maximum Gasteiger partial charge on any atom is 0.274 e. The van der Waals surface area contributed by atoms with Crippen LogP contribution in [-0.2, 0) is 22.6 Å². The van der Waals surface area contributed by atoms with Gasteiger partial charge in [0.2, 0.25) is 11.8 Å². The Morgan fingerprint density at radius 3 is 2.66 bits per heavy atom. The summed E-state index contributed by atoms with van der Waals surface area (Å²) in [5, 5.41) is 2.68. The normalized spacial score (nSPS) is 11.5. The van der Waals surface area contributed by atoms with Gasteiger partial charge in [0, 0.05) is 19.8 Å². The highest BCUT2D eigenvalue weighted by Crippen LogP contribution is 2.20. The molecule has 2 amide bonds. The van der Waals surface area contributed by atoms with Crippen LogP contribution < -0.4 is 10.9 Å². The van der Waals surface area contributed by atoms with E-state index in [0.717, 1.165) is 23.1 Å². The van der Waals surface area contributed by atoms with Crippen LogP contribution >= 0.6 is 0 Å². The zero-order chi connectivity index (χ0) is 25.5. The molecule has 1 aromatic carbocycles. The number of nitrogens with zero attached hydrogens (tertiary/aromatic N) is 3. The van der Waals surface area contributed by atoms with Crippen molar-refractivity contribution < 1.29 is 9.59 Å². The lowest BCUT2D eigenvalue weighted by Gasteiger charge is -2.11. The molecule has 185 valence electrons. The van der Waals surface area contributed by atoms with Gasteiger partial charge in [-0.25, -0.2) is 4.98 Å². The van der Waals surface area contributed by atoms with E-state index < -0.39 is 0 Å². The number of rotatable bonds is 10. The number of para-hydroxylation sites is 1. The monoisotopic (exact) mass is 476 g/mol. The molecule has 0 fully saturated rings. The molecule has 0 unspecified atom stereocenters. The number of allylic oxidation sites excluding steroid dienone is 1. The first kappa shape index (κ1) is 25.9. The van der Waals surface area contributed by atoms with E-state index in [1.165, 1.54) is 23.0 Å². The minimum atomic E-state index is -0.355. The van der Waals surface area contributed by atoms with Crippen molar-refractivity contribution in [3.8, 4) is 0 Å². The summed E-state index contributed by atoms with van der Waals surface area (Å²) in [7, 11) is 3.36. The highest BCUT2D eigenvalue weighted by molar-refractivity contribution is 5.97. The molecule has 8 nitrogen and oxygen atoms in total. The van der Waals surface area contributed by atoms with E-state index in [2.05, 4.69) is 30.2 Å². The van der Waals surface area contributed by atoms with E-state index >= 15 is 0 Å². The highest BCUT2D eigenvalue weighted by Gasteiger charge is 2.13. The molecule has 0 bridgehead atoms. The van der Waals surface area contributed by atoms with Gasteiger partial charge in [-0.05, 0) is 61.9 Å². The summed E-state index contributed by atoms with van der Waals surface area (Å²) in [6, 6.07) is 9.52. The summed E-state index contributed by atoms with van der Waals surface area (Å²) in [5.41, 5.74) is 3.77. The number of likely N-dealkylation sites (N-methyl/N-ethyl adjacent to an activating group) is 1. The molecule has 2 heterocycles. The first-order valence-corrected chi connectivity index (χ1v) is 11.8. The van der Waals surface area contributed by atoms with E-state index in [0.29, 0.717) is 24.6 Å². The van der Waals surface area contributed by atoms with Crippen LogP contribution in [0.1, 0.15) is 43.8 Å². The smallest absolute Gasteiger partial charge is 0.274 e. The molecule has 35 heavy (non-hydrogen) atoms. The van der Waals surface area contributed by atoms with Gasteiger partial charge in [0.1, 0.15) is 11.5 Å². The Hall–Kier alpha value is -3.68. The third-order valence-electron chi connectivity index (χ3n) is 5.60. The number of H-pyrrole nitrogens is 1. The lowest BCUT2D eigenvalue weighted by Crippen LogP contribution is -2.28. The lowest BCUT2D eigenvalue weighted by atomic mass is 10.0. The molecule has 3 aromatic rings. The van der Waals surface area contributed by atoms with E-state index in [9.17, 15) is 14.4 Å². The molecule has 8 heteroatoms. The van der Waals surface area contributed by atoms with Gasteiger partial charge in [-0.3, -0.25) is 14.4 Å². The molecular weight excluding hydrogens is 442 g/mol. The Morgan fingerprint density at radius 2 is 1.94 bits per heavy atom. The second-order valence-corrected chi connectivity index (χ2v) is 9.28. The number of carbonyl (C=O) groups excluding carboxylic acids is 2. The highest BCUT2D eigenvalue weighted by atomic mass is 16.2. The maximum atomic E-state index is 13.1. The van der Waals surface area contributed by atoms with Gasteiger partial charge in [0.05, 0.1) is 24.0 Å². The van der Waals surface area contributed by atoms with Crippen molar-refractivity contribution in [2.24, 2.45) is 5.92 Å². The van der Waals surface area contributed by atoms with Crippen LogP contribution in [-0.4, -0.2) is 45.3 Å². The number of aromatic nitrogens is 3. The Morgan fingerprint density at radius 1 is 1.17 bits per heavy atom. The molecule has 0 saturated carbocycles. The Bertz CT molecular complexity index is 1280. The predicted octanol–water partition coefficient (Wildman–Crippen LogP) is 3.85. The summed E-state index contributed by atoms with van der Waals surface area (Å²) >= 11 is 0. The van der Waals surface area contributed by atoms with Gasteiger partial charge < -0.3 is 19.8 Å². The molecular formula is C27H34N5O3. The molecule has 0 saturated heterocycles. The van der Waals surface area contributed by atoms with E-state index in [1.54, 1.807) is 36.9 Å². The molecule has 2 N–H and O–H groups in total. The van der Waals surface area contributed by atoms with Crippen LogP contribution in [0.3, 0.4) is 0 Å². The summed E-state index contributed by atoms with van der Waals surface area (Å²) in [5.74, 6) is 0.747. The average Bonchev–Trinajstić information content (AvgIpc) is 3.21. The minimum Gasteiger partial charge on any atom is -0.345 e. The molecule has 0 aliphatic carbocycles. The summed E-state index contributed by atoms with van der Waals surface area (Å²) in [4.78, 5) is 46.6. The van der Waals surface area contributed by atoms with Crippen molar-refractivity contribution in [1.29, 1.82) is 0 Å². The molecule has 0 aliphatic heterocycles. The second-order valence-electron chi connectivity index (χ2n) is 9.28. The fraction of sp³-hybridized carbons (Fsp3) is 0.370. The number of hydrogen-bond acceptors (Lipinski definition) is 4. The Labute approximate surface area is 206 Å². The third kappa shape index (κ3) is 6.91. The lowest BCUT2D eigenvalue weighted by molar-refractivity contribution is -0.123. The predicted molar refractivity (Wildman–Crippen MR) is 139 cm³/mol. The number of anilines is 1. The van der Waals surface area contributed by atoms with Gasteiger partial charge >= 0.3 is 0 Å². The number of carbonyl (C=O) groups is 2. The fourth-order valence-corrected chi connectivity index (χ4v) is 3.76. The van der Waals surface area contributed by atoms with Crippen LogP contribution in [0.5, 0.6) is 0 Å². The number of unbranched alkanes of at least 4 members (excludes halogenated alkanes) is 1.